The Morgan fingerprint density at radius 1 is 1.06 bits per heavy atom. The third-order valence-corrected chi connectivity index (χ3v) is 2.85. The molecule has 1 aromatic carbocycles. The van der Waals surface area contributed by atoms with Gasteiger partial charge in [-0.05, 0) is 18.6 Å². The highest BCUT2D eigenvalue weighted by atomic mass is 15.1. The van der Waals surface area contributed by atoms with Gasteiger partial charge in [0, 0.05) is 11.8 Å². The van der Waals surface area contributed by atoms with Gasteiger partial charge in [-0.1, -0.05) is 36.4 Å². The van der Waals surface area contributed by atoms with Crippen LogP contribution in [0.3, 0.4) is 0 Å². The van der Waals surface area contributed by atoms with Crippen LogP contribution in [0.25, 0.3) is 16.9 Å². The number of anilines is 1. The van der Waals surface area contributed by atoms with Crippen molar-refractivity contribution in [3.05, 3.63) is 54.2 Å². The van der Waals surface area contributed by atoms with Crippen LogP contribution in [-0.2, 0) is 0 Å². The van der Waals surface area contributed by atoms with Crippen molar-refractivity contribution >= 4 is 11.5 Å². The highest BCUT2D eigenvalue weighted by molar-refractivity contribution is 5.74. The third-order valence-electron chi connectivity index (χ3n) is 2.85. The first-order valence-corrected chi connectivity index (χ1v) is 5.55. The molecule has 3 rings (SSSR count). The molecule has 2 aromatic heterocycles. The molecule has 0 bridgehead atoms. The SMILES string of the molecule is Cc1ccc2nc(-c3ccccc3)c(N)n2c1. The Kier molecular flexibility index (Phi) is 2.11. The van der Waals surface area contributed by atoms with Crippen LogP contribution in [0, 0.1) is 6.92 Å². The van der Waals surface area contributed by atoms with Crippen LogP contribution in [0.2, 0.25) is 0 Å². The molecule has 0 fully saturated rings. The normalized spacial score (nSPS) is 10.9. The number of nitrogens with zero attached hydrogens (tertiary/aromatic N) is 2. The number of aromatic nitrogens is 2. The summed E-state index contributed by atoms with van der Waals surface area (Å²) in [5, 5.41) is 0. The van der Waals surface area contributed by atoms with Crippen molar-refractivity contribution in [3.63, 3.8) is 0 Å². The summed E-state index contributed by atoms with van der Waals surface area (Å²) in [5.74, 6) is 0.690. The first-order chi connectivity index (χ1) is 8.25. The van der Waals surface area contributed by atoms with Gasteiger partial charge >= 0.3 is 0 Å². The van der Waals surface area contributed by atoms with Crippen LogP contribution in [0.1, 0.15) is 5.56 Å². The Morgan fingerprint density at radius 3 is 2.59 bits per heavy atom. The van der Waals surface area contributed by atoms with Gasteiger partial charge in [-0.15, -0.1) is 0 Å². The molecule has 3 aromatic rings. The van der Waals surface area contributed by atoms with E-state index in [1.54, 1.807) is 0 Å². The lowest BCUT2D eigenvalue weighted by molar-refractivity contribution is 1.16. The third kappa shape index (κ3) is 1.56. The van der Waals surface area contributed by atoms with Crippen LogP contribution < -0.4 is 5.73 Å². The first kappa shape index (κ1) is 9.90. The first-order valence-electron chi connectivity index (χ1n) is 5.55. The van der Waals surface area contributed by atoms with E-state index in [2.05, 4.69) is 4.98 Å². The Balaban J connectivity index is 2.28. The summed E-state index contributed by atoms with van der Waals surface area (Å²) in [6, 6.07) is 14.0. The van der Waals surface area contributed by atoms with Crippen molar-refractivity contribution in [2.75, 3.05) is 5.73 Å². The van der Waals surface area contributed by atoms with E-state index >= 15 is 0 Å². The molecule has 2 N–H and O–H groups in total. The molecular weight excluding hydrogens is 210 g/mol. The summed E-state index contributed by atoms with van der Waals surface area (Å²) in [6.45, 7) is 2.04. The molecule has 3 heteroatoms. The lowest BCUT2D eigenvalue weighted by Gasteiger charge is -1.99. The molecule has 0 saturated heterocycles. The van der Waals surface area contributed by atoms with Crippen LogP contribution in [0.15, 0.2) is 48.7 Å². The summed E-state index contributed by atoms with van der Waals surface area (Å²) in [5.41, 5.74) is 10.1. The summed E-state index contributed by atoms with van der Waals surface area (Å²) < 4.78 is 1.93. The molecule has 84 valence electrons. The minimum atomic E-state index is 0.690. The number of nitrogen functional groups attached to an aromatic ring is 1. The number of imidazole rings is 1. The van der Waals surface area contributed by atoms with Gasteiger partial charge in [0.2, 0.25) is 0 Å². The van der Waals surface area contributed by atoms with E-state index in [9.17, 15) is 0 Å². The monoisotopic (exact) mass is 223 g/mol. The van der Waals surface area contributed by atoms with E-state index in [1.807, 2.05) is 60.0 Å². The standard InChI is InChI=1S/C14H13N3/c1-10-7-8-12-16-13(14(15)17(12)9-10)11-5-3-2-4-6-11/h2-9H,15H2,1H3. The highest BCUT2D eigenvalue weighted by Crippen LogP contribution is 2.26. The molecule has 0 unspecified atom stereocenters. The zero-order chi connectivity index (χ0) is 11.8. The second kappa shape index (κ2) is 3.63. The van der Waals surface area contributed by atoms with Gasteiger partial charge in [0.1, 0.15) is 17.2 Å². The van der Waals surface area contributed by atoms with Gasteiger partial charge in [0.25, 0.3) is 0 Å². The number of rotatable bonds is 1. The Labute approximate surface area is 99.5 Å². The maximum atomic E-state index is 6.14. The van der Waals surface area contributed by atoms with E-state index in [-0.39, 0.29) is 0 Å². The van der Waals surface area contributed by atoms with Crippen LogP contribution in [0.4, 0.5) is 5.82 Å². The molecule has 0 aliphatic rings. The number of aryl methyl sites for hydroxylation is 1. The average Bonchev–Trinajstić information content (AvgIpc) is 2.68. The second-order valence-corrected chi connectivity index (χ2v) is 4.15. The molecule has 0 spiro atoms. The van der Waals surface area contributed by atoms with Gasteiger partial charge in [0.05, 0.1) is 0 Å². The predicted octanol–water partition coefficient (Wildman–Crippen LogP) is 2.89. The van der Waals surface area contributed by atoms with Crippen LogP contribution in [0.5, 0.6) is 0 Å². The van der Waals surface area contributed by atoms with Gasteiger partial charge in [0.15, 0.2) is 0 Å². The van der Waals surface area contributed by atoms with E-state index in [0.29, 0.717) is 5.82 Å². The maximum Gasteiger partial charge on any atom is 0.139 e. The Bertz CT molecular complexity index is 669. The largest absolute Gasteiger partial charge is 0.383 e. The number of pyridine rings is 1. The molecule has 2 heterocycles. The molecule has 0 radical (unpaired) electrons. The summed E-state index contributed by atoms with van der Waals surface area (Å²) in [4.78, 5) is 4.56. The molecule has 0 aliphatic heterocycles. The van der Waals surface area contributed by atoms with Crippen molar-refractivity contribution in [1.29, 1.82) is 0 Å². The van der Waals surface area contributed by atoms with E-state index in [1.165, 1.54) is 5.56 Å². The lowest BCUT2D eigenvalue weighted by Crippen LogP contribution is -1.94. The summed E-state index contributed by atoms with van der Waals surface area (Å²) in [6.07, 6.45) is 2.00. The number of fused-ring (bicyclic) bond motifs is 1. The number of hydrogen-bond acceptors (Lipinski definition) is 2. The van der Waals surface area contributed by atoms with E-state index in [0.717, 1.165) is 16.9 Å². The summed E-state index contributed by atoms with van der Waals surface area (Å²) in [7, 11) is 0. The van der Waals surface area contributed by atoms with Crippen molar-refractivity contribution in [3.8, 4) is 11.3 Å². The lowest BCUT2D eigenvalue weighted by atomic mass is 10.1. The topological polar surface area (TPSA) is 43.3 Å². The van der Waals surface area contributed by atoms with Crippen molar-refractivity contribution < 1.29 is 0 Å². The maximum absolute atomic E-state index is 6.14. The van der Waals surface area contributed by atoms with Crippen molar-refractivity contribution in [2.45, 2.75) is 6.92 Å². The minimum Gasteiger partial charge on any atom is -0.383 e. The summed E-state index contributed by atoms with van der Waals surface area (Å²) >= 11 is 0. The van der Waals surface area contributed by atoms with Crippen LogP contribution in [-0.4, -0.2) is 9.38 Å². The van der Waals surface area contributed by atoms with Crippen molar-refractivity contribution in [1.82, 2.24) is 9.38 Å². The fraction of sp³-hybridized carbons (Fsp3) is 0.0714. The molecule has 0 atom stereocenters. The smallest absolute Gasteiger partial charge is 0.139 e. The van der Waals surface area contributed by atoms with Gasteiger partial charge in [-0.3, -0.25) is 4.40 Å². The quantitative estimate of drug-likeness (QED) is 0.689. The fourth-order valence-electron chi connectivity index (χ4n) is 1.98. The second-order valence-electron chi connectivity index (χ2n) is 4.15. The molecule has 0 saturated carbocycles. The molecule has 17 heavy (non-hydrogen) atoms. The number of nitrogens with two attached hydrogens (primary N) is 1. The Hall–Kier alpha value is -2.29. The minimum absolute atomic E-state index is 0.690. The Morgan fingerprint density at radius 2 is 1.82 bits per heavy atom. The van der Waals surface area contributed by atoms with Crippen LogP contribution >= 0.6 is 0 Å². The van der Waals surface area contributed by atoms with E-state index < -0.39 is 0 Å². The highest BCUT2D eigenvalue weighted by Gasteiger charge is 2.10. The molecule has 3 nitrogen and oxygen atoms in total. The van der Waals surface area contributed by atoms with Gasteiger partial charge in [-0.25, -0.2) is 4.98 Å². The van der Waals surface area contributed by atoms with Gasteiger partial charge < -0.3 is 5.73 Å². The zero-order valence-electron chi connectivity index (χ0n) is 9.59. The molecular formula is C14H13N3. The van der Waals surface area contributed by atoms with Crippen molar-refractivity contribution in [2.24, 2.45) is 0 Å². The fourth-order valence-corrected chi connectivity index (χ4v) is 1.98. The predicted molar refractivity (Wildman–Crippen MR) is 69.8 cm³/mol. The number of benzene rings is 1. The molecule has 0 amide bonds. The average molecular weight is 223 g/mol. The molecule has 0 aliphatic carbocycles. The number of hydrogen-bond donors (Lipinski definition) is 1. The zero-order valence-corrected chi connectivity index (χ0v) is 9.59. The van der Waals surface area contributed by atoms with Gasteiger partial charge in [-0.2, -0.15) is 0 Å². The van der Waals surface area contributed by atoms with E-state index in [4.69, 9.17) is 5.73 Å².